The van der Waals surface area contributed by atoms with Crippen molar-refractivity contribution < 1.29 is 22.8 Å². The van der Waals surface area contributed by atoms with Crippen LogP contribution in [0.5, 0.6) is 0 Å². The first-order valence-corrected chi connectivity index (χ1v) is 6.43. The molecular formula is C14H17F3N2O2. The molecule has 0 aliphatic carbocycles. The van der Waals surface area contributed by atoms with Crippen LogP contribution in [0.15, 0.2) is 24.3 Å². The summed E-state index contributed by atoms with van der Waals surface area (Å²) in [6, 6.07) is 4.68. The van der Waals surface area contributed by atoms with Crippen LogP contribution in [0, 0.1) is 5.92 Å². The molecule has 4 nitrogen and oxygen atoms in total. The molecule has 2 amide bonds. The summed E-state index contributed by atoms with van der Waals surface area (Å²) in [7, 11) is 0. The standard InChI is InChI=1S/C14H17F3N2O2/c1-9(2)7-12(20)18-8-13(21)19-11-6-4-3-5-10(11)14(15,16)17/h3-6,9H,7-8H2,1-2H3,(H,18,20)(H,19,21). The van der Waals surface area contributed by atoms with Crippen LogP contribution in [0.2, 0.25) is 0 Å². The highest BCUT2D eigenvalue weighted by Gasteiger charge is 2.33. The molecule has 0 atom stereocenters. The Hall–Kier alpha value is -2.05. The van der Waals surface area contributed by atoms with Crippen molar-refractivity contribution >= 4 is 17.5 Å². The Morgan fingerprint density at radius 1 is 1.14 bits per heavy atom. The zero-order chi connectivity index (χ0) is 16.0. The zero-order valence-corrected chi connectivity index (χ0v) is 11.8. The summed E-state index contributed by atoms with van der Waals surface area (Å²) in [5.74, 6) is -0.882. The van der Waals surface area contributed by atoms with Gasteiger partial charge < -0.3 is 10.6 Å². The van der Waals surface area contributed by atoms with Gasteiger partial charge in [0.25, 0.3) is 0 Å². The number of amides is 2. The highest BCUT2D eigenvalue weighted by atomic mass is 19.4. The summed E-state index contributed by atoms with van der Waals surface area (Å²) in [5.41, 5.74) is -1.25. The molecule has 1 rings (SSSR count). The van der Waals surface area contributed by atoms with Crippen LogP contribution in [0.3, 0.4) is 0 Å². The second-order valence-electron chi connectivity index (χ2n) is 4.97. The average Bonchev–Trinajstić information content (AvgIpc) is 2.35. The van der Waals surface area contributed by atoms with E-state index in [4.69, 9.17) is 0 Å². The zero-order valence-electron chi connectivity index (χ0n) is 11.8. The van der Waals surface area contributed by atoms with Gasteiger partial charge in [-0.1, -0.05) is 26.0 Å². The van der Waals surface area contributed by atoms with Crippen LogP contribution in [0.1, 0.15) is 25.8 Å². The van der Waals surface area contributed by atoms with Crippen molar-refractivity contribution in [3.63, 3.8) is 0 Å². The first kappa shape index (κ1) is 17.0. The van der Waals surface area contributed by atoms with Crippen molar-refractivity contribution in [2.24, 2.45) is 5.92 Å². The van der Waals surface area contributed by atoms with Gasteiger partial charge in [0, 0.05) is 6.42 Å². The van der Waals surface area contributed by atoms with Crippen molar-refractivity contribution in [1.29, 1.82) is 0 Å². The third kappa shape index (κ3) is 5.85. The van der Waals surface area contributed by atoms with Gasteiger partial charge in [0.15, 0.2) is 0 Å². The number of nitrogens with one attached hydrogen (secondary N) is 2. The molecule has 0 aliphatic rings. The van der Waals surface area contributed by atoms with Gasteiger partial charge in [0.2, 0.25) is 11.8 Å². The average molecular weight is 302 g/mol. The van der Waals surface area contributed by atoms with E-state index in [1.165, 1.54) is 12.1 Å². The van der Waals surface area contributed by atoms with Crippen molar-refractivity contribution in [2.75, 3.05) is 11.9 Å². The molecule has 2 N–H and O–H groups in total. The molecule has 0 fully saturated rings. The summed E-state index contributed by atoms with van der Waals surface area (Å²) >= 11 is 0. The number of benzene rings is 1. The van der Waals surface area contributed by atoms with E-state index in [1.807, 2.05) is 13.8 Å². The quantitative estimate of drug-likeness (QED) is 0.878. The van der Waals surface area contributed by atoms with Crippen LogP contribution in [-0.4, -0.2) is 18.4 Å². The minimum Gasteiger partial charge on any atom is -0.347 e. The van der Waals surface area contributed by atoms with Gasteiger partial charge in [-0.2, -0.15) is 13.2 Å². The first-order chi connectivity index (χ1) is 9.70. The lowest BCUT2D eigenvalue weighted by Crippen LogP contribution is -2.33. The Balaban J connectivity index is 2.62. The molecule has 1 aromatic rings. The highest BCUT2D eigenvalue weighted by molar-refractivity contribution is 5.95. The summed E-state index contributed by atoms with van der Waals surface area (Å²) in [6.45, 7) is 3.33. The number of hydrogen-bond acceptors (Lipinski definition) is 2. The predicted molar refractivity (Wildman–Crippen MR) is 72.5 cm³/mol. The largest absolute Gasteiger partial charge is 0.418 e. The minimum atomic E-state index is -4.55. The van der Waals surface area contributed by atoms with E-state index in [1.54, 1.807) is 0 Å². The number of anilines is 1. The van der Waals surface area contributed by atoms with Gasteiger partial charge in [0.1, 0.15) is 0 Å². The van der Waals surface area contributed by atoms with Gasteiger partial charge in [-0.15, -0.1) is 0 Å². The topological polar surface area (TPSA) is 58.2 Å². The lowest BCUT2D eigenvalue weighted by atomic mass is 10.1. The Bertz CT molecular complexity index is 513. The molecule has 116 valence electrons. The summed E-state index contributed by atoms with van der Waals surface area (Å²) in [4.78, 5) is 23.0. The van der Waals surface area contributed by atoms with Crippen molar-refractivity contribution in [1.82, 2.24) is 5.32 Å². The fourth-order valence-electron chi connectivity index (χ4n) is 1.66. The third-order valence-electron chi connectivity index (χ3n) is 2.55. The molecule has 0 aromatic heterocycles. The molecule has 7 heteroatoms. The molecule has 0 unspecified atom stereocenters. The smallest absolute Gasteiger partial charge is 0.347 e. The Morgan fingerprint density at radius 2 is 1.76 bits per heavy atom. The van der Waals surface area contributed by atoms with E-state index in [0.29, 0.717) is 0 Å². The monoisotopic (exact) mass is 302 g/mol. The number of alkyl halides is 3. The number of para-hydroxylation sites is 1. The molecule has 0 radical (unpaired) electrons. The van der Waals surface area contributed by atoms with E-state index >= 15 is 0 Å². The van der Waals surface area contributed by atoms with Crippen LogP contribution in [-0.2, 0) is 15.8 Å². The van der Waals surface area contributed by atoms with Crippen molar-refractivity contribution in [3.8, 4) is 0 Å². The fraction of sp³-hybridized carbons (Fsp3) is 0.429. The molecule has 0 bridgehead atoms. The van der Waals surface area contributed by atoms with Gasteiger partial charge in [0.05, 0.1) is 17.8 Å². The molecule has 0 saturated carbocycles. The number of rotatable bonds is 5. The van der Waals surface area contributed by atoms with Gasteiger partial charge in [-0.3, -0.25) is 9.59 Å². The SMILES string of the molecule is CC(C)CC(=O)NCC(=O)Nc1ccccc1C(F)(F)F. The summed E-state index contributed by atoms with van der Waals surface area (Å²) in [6.07, 6.45) is -4.29. The highest BCUT2D eigenvalue weighted by Crippen LogP contribution is 2.34. The molecular weight excluding hydrogens is 285 g/mol. The maximum atomic E-state index is 12.7. The van der Waals surface area contributed by atoms with Crippen LogP contribution >= 0.6 is 0 Å². The maximum absolute atomic E-state index is 12.7. The van der Waals surface area contributed by atoms with Gasteiger partial charge in [-0.25, -0.2) is 0 Å². The lowest BCUT2D eigenvalue weighted by molar-refractivity contribution is -0.137. The number of hydrogen-bond donors (Lipinski definition) is 2. The second-order valence-corrected chi connectivity index (χ2v) is 4.97. The van der Waals surface area contributed by atoms with E-state index < -0.39 is 17.6 Å². The Morgan fingerprint density at radius 3 is 2.33 bits per heavy atom. The lowest BCUT2D eigenvalue weighted by Gasteiger charge is -2.13. The van der Waals surface area contributed by atoms with E-state index in [0.717, 1.165) is 12.1 Å². The molecule has 0 aliphatic heterocycles. The third-order valence-corrected chi connectivity index (χ3v) is 2.55. The van der Waals surface area contributed by atoms with E-state index in [9.17, 15) is 22.8 Å². The van der Waals surface area contributed by atoms with Crippen LogP contribution < -0.4 is 10.6 Å². The Labute approximate surface area is 120 Å². The number of halogens is 3. The minimum absolute atomic E-state index is 0.138. The predicted octanol–water partition coefficient (Wildman–Crippen LogP) is 2.81. The van der Waals surface area contributed by atoms with E-state index in [-0.39, 0.29) is 30.5 Å². The van der Waals surface area contributed by atoms with Crippen LogP contribution in [0.25, 0.3) is 0 Å². The number of carbonyl (C=O) groups is 2. The number of carbonyl (C=O) groups excluding carboxylic acids is 2. The second kappa shape index (κ2) is 7.10. The van der Waals surface area contributed by atoms with Gasteiger partial charge in [-0.05, 0) is 18.1 Å². The molecule has 21 heavy (non-hydrogen) atoms. The fourth-order valence-corrected chi connectivity index (χ4v) is 1.66. The molecule has 0 spiro atoms. The maximum Gasteiger partial charge on any atom is 0.418 e. The van der Waals surface area contributed by atoms with Crippen molar-refractivity contribution in [3.05, 3.63) is 29.8 Å². The van der Waals surface area contributed by atoms with Crippen molar-refractivity contribution in [2.45, 2.75) is 26.4 Å². The normalized spacial score (nSPS) is 11.3. The Kier molecular flexibility index (Phi) is 5.75. The summed E-state index contributed by atoms with van der Waals surface area (Å²) < 4.78 is 38.2. The first-order valence-electron chi connectivity index (χ1n) is 6.43. The molecule has 1 aromatic carbocycles. The van der Waals surface area contributed by atoms with Crippen LogP contribution in [0.4, 0.5) is 18.9 Å². The van der Waals surface area contributed by atoms with Gasteiger partial charge >= 0.3 is 6.18 Å². The summed E-state index contributed by atoms with van der Waals surface area (Å²) in [5, 5.41) is 4.51. The molecule has 0 heterocycles. The van der Waals surface area contributed by atoms with E-state index in [2.05, 4.69) is 10.6 Å². The molecule has 0 saturated heterocycles.